The summed E-state index contributed by atoms with van der Waals surface area (Å²) in [5, 5.41) is 13.8. The predicted molar refractivity (Wildman–Crippen MR) is 65.6 cm³/mol. The number of primary sulfonamides is 1. The lowest BCUT2D eigenvalue weighted by Gasteiger charge is -2.11. The zero-order chi connectivity index (χ0) is 16.3. The van der Waals surface area contributed by atoms with E-state index in [1.165, 1.54) is 0 Å². The Kier molecular flexibility index (Phi) is 5.18. The molecular weight excluding hydrogens is 315 g/mol. The topological polar surface area (TPSA) is 107 Å². The van der Waals surface area contributed by atoms with Crippen molar-refractivity contribution in [3.8, 4) is 5.75 Å². The lowest BCUT2D eigenvalue weighted by Crippen LogP contribution is -2.14. The average Bonchev–Trinajstić information content (AvgIpc) is 2.32. The molecule has 0 aliphatic rings. The molecule has 0 radical (unpaired) electrons. The molecule has 0 aliphatic carbocycles. The number of alkyl halides is 3. The number of carboxylic acid groups (broad SMARTS) is 1. The quantitative estimate of drug-likeness (QED) is 0.774. The van der Waals surface area contributed by atoms with Crippen LogP contribution >= 0.6 is 0 Å². The third-order valence-electron chi connectivity index (χ3n) is 2.37. The number of hydrogen-bond acceptors (Lipinski definition) is 4. The molecule has 0 amide bonds. The largest absolute Gasteiger partial charge is 0.493 e. The molecule has 21 heavy (non-hydrogen) atoms. The molecule has 1 aromatic carbocycles. The van der Waals surface area contributed by atoms with Crippen LogP contribution in [0.4, 0.5) is 13.2 Å². The van der Waals surface area contributed by atoms with Gasteiger partial charge in [0.05, 0.1) is 11.5 Å². The highest BCUT2D eigenvalue weighted by Crippen LogP contribution is 2.24. The van der Waals surface area contributed by atoms with Crippen LogP contribution in [-0.4, -0.2) is 32.3 Å². The number of benzene rings is 1. The molecular formula is C11H12F3NO5S. The van der Waals surface area contributed by atoms with Gasteiger partial charge >= 0.3 is 12.1 Å². The molecule has 0 aliphatic heterocycles. The van der Waals surface area contributed by atoms with Gasteiger partial charge in [-0.3, -0.25) is 0 Å². The molecule has 6 nitrogen and oxygen atoms in total. The monoisotopic (exact) mass is 327 g/mol. The lowest BCUT2D eigenvalue weighted by molar-refractivity contribution is -0.136. The molecule has 0 bridgehead atoms. The van der Waals surface area contributed by atoms with Crippen molar-refractivity contribution in [2.24, 2.45) is 5.14 Å². The summed E-state index contributed by atoms with van der Waals surface area (Å²) < 4.78 is 63.0. The summed E-state index contributed by atoms with van der Waals surface area (Å²) in [4.78, 5) is 10.6. The molecule has 3 N–H and O–H groups in total. The summed E-state index contributed by atoms with van der Waals surface area (Å²) in [6, 6.07) is 2.84. The number of sulfonamides is 1. The van der Waals surface area contributed by atoms with Crippen LogP contribution < -0.4 is 9.88 Å². The van der Waals surface area contributed by atoms with Crippen molar-refractivity contribution in [2.75, 3.05) is 6.61 Å². The van der Waals surface area contributed by atoms with Gasteiger partial charge < -0.3 is 9.84 Å². The van der Waals surface area contributed by atoms with Gasteiger partial charge in [-0.05, 0) is 24.6 Å². The van der Waals surface area contributed by atoms with E-state index in [1.54, 1.807) is 0 Å². The standard InChI is InChI=1S/C11H12F3NO5S/c12-11(13,14)4-1-5-20-9-3-2-7(21(15,18)19)6-8(9)10(16)17/h2-3,6H,1,4-5H2,(H,16,17)(H2,15,18,19). The first-order valence-electron chi connectivity index (χ1n) is 5.60. The van der Waals surface area contributed by atoms with Crippen LogP contribution in [0, 0.1) is 0 Å². The van der Waals surface area contributed by atoms with E-state index in [1.807, 2.05) is 0 Å². The predicted octanol–water partition coefficient (Wildman–Crippen LogP) is 1.75. The highest BCUT2D eigenvalue weighted by Gasteiger charge is 2.26. The normalized spacial score (nSPS) is 12.2. The Morgan fingerprint density at radius 1 is 1.33 bits per heavy atom. The number of rotatable bonds is 6. The molecule has 0 spiro atoms. The molecule has 0 saturated carbocycles. The maximum absolute atomic E-state index is 11.9. The Balaban J connectivity index is 2.86. The third-order valence-corrected chi connectivity index (χ3v) is 3.28. The fourth-order valence-electron chi connectivity index (χ4n) is 1.43. The van der Waals surface area contributed by atoms with Crippen LogP contribution in [0.3, 0.4) is 0 Å². The molecule has 10 heteroatoms. The smallest absolute Gasteiger partial charge is 0.389 e. The minimum atomic E-state index is -4.32. The van der Waals surface area contributed by atoms with E-state index in [0.29, 0.717) is 0 Å². The first-order valence-corrected chi connectivity index (χ1v) is 7.15. The van der Waals surface area contributed by atoms with E-state index >= 15 is 0 Å². The SMILES string of the molecule is NS(=O)(=O)c1ccc(OCCCC(F)(F)F)c(C(=O)O)c1. The average molecular weight is 327 g/mol. The van der Waals surface area contributed by atoms with Gasteiger partial charge in [-0.2, -0.15) is 13.2 Å². The first kappa shape index (κ1) is 17.2. The molecule has 1 rings (SSSR count). The Morgan fingerprint density at radius 2 is 1.95 bits per heavy atom. The highest BCUT2D eigenvalue weighted by molar-refractivity contribution is 7.89. The van der Waals surface area contributed by atoms with Crippen molar-refractivity contribution in [2.45, 2.75) is 23.9 Å². The fraction of sp³-hybridized carbons (Fsp3) is 0.364. The second-order valence-corrected chi connectivity index (χ2v) is 5.64. The zero-order valence-electron chi connectivity index (χ0n) is 10.6. The number of aromatic carboxylic acids is 1. The number of carboxylic acids is 1. The molecule has 118 valence electrons. The number of hydrogen-bond donors (Lipinski definition) is 2. The van der Waals surface area contributed by atoms with Gasteiger partial charge in [0.1, 0.15) is 11.3 Å². The zero-order valence-corrected chi connectivity index (χ0v) is 11.4. The van der Waals surface area contributed by atoms with E-state index in [4.69, 9.17) is 15.0 Å². The molecule has 0 saturated heterocycles. The fourth-order valence-corrected chi connectivity index (χ4v) is 1.97. The lowest BCUT2D eigenvalue weighted by atomic mass is 10.2. The van der Waals surface area contributed by atoms with Crippen LogP contribution in [0.15, 0.2) is 23.1 Å². The highest BCUT2D eigenvalue weighted by atomic mass is 32.2. The number of nitrogens with two attached hydrogens (primary N) is 1. The second kappa shape index (κ2) is 6.31. The third kappa shape index (κ3) is 5.60. The summed E-state index contributed by atoms with van der Waals surface area (Å²) >= 11 is 0. The Labute approximate surface area is 118 Å². The summed E-state index contributed by atoms with van der Waals surface area (Å²) in [6.07, 6.45) is -5.74. The van der Waals surface area contributed by atoms with Crippen LogP contribution in [0.1, 0.15) is 23.2 Å². The van der Waals surface area contributed by atoms with E-state index in [0.717, 1.165) is 18.2 Å². The van der Waals surface area contributed by atoms with Crippen molar-refractivity contribution in [1.29, 1.82) is 0 Å². The van der Waals surface area contributed by atoms with E-state index < -0.39 is 39.0 Å². The van der Waals surface area contributed by atoms with Gasteiger partial charge in [0.15, 0.2) is 0 Å². The van der Waals surface area contributed by atoms with Gasteiger partial charge in [-0.1, -0.05) is 0 Å². The molecule has 0 unspecified atom stereocenters. The Morgan fingerprint density at radius 3 is 2.43 bits per heavy atom. The van der Waals surface area contributed by atoms with Crippen LogP contribution in [0.25, 0.3) is 0 Å². The van der Waals surface area contributed by atoms with Gasteiger partial charge in [-0.25, -0.2) is 18.4 Å². The van der Waals surface area contributed by atoms with E-state index in [-0.39, 0.29) is 18.8 Å². The van der Waals surface area contributed by atoms with Crippen molar-refractivity contribution < 1.29 is 36.2 Å². The summed E-state index contributed by atoms with van der Waals surface area (Å²) in [7, 11) is -4.09. The van der Waals surface area contributed by atoms with Crippen LogP contribution in [-0.2, 0) is 10.0 Å². The van der Waals surface area contributed by atoms with Crippen LogP contribution in [0.5, 0.6) is 5.75 Å². The maximum Gasteiger partial charge on any atom is 0.389 e. The summed E-state index contributed by atoms with van der Waals surface area (Å²) in [5.41, 5.74) is -0.492. The number of halogens is 3. The van der Waals surface area contributed by atoms with Crippen molar-refractivity contribution in [3.05, 3.63) is 23.8 Å². The second-order valence-electron chi connectivity index (χ2n) is 4.08. The van der Waals surface area contributed by atoms with Crippen LogP contribution in [0.2, 0.25) is 0 Å². The first-order chi connectivity index (χ1) is 9.50. The molecule has 0 heterocycles. The number of ether oxygens (including phenoxy) is 1. The minimum Gasteiger partial charge on any atom is -0.493 e. The van der Waals surface area contributed by atoms with E-state index in [2.05, 4.69) is 0 Å². The summed E-state index contributed by atoms with van der Waals surface area (Å²) in [6.45, 7) is -0.353. The van der Waals surface area contributed by atoms with Gasteiger partial charge in [0, 0.05) is 6.42 Å². The molecule has 0 atom stereocenters. The van der Waals surface area contributed by atoms with Crippen molar-refractivity contribution in [1.82, 2.24) is 0 Å². The Hall–Kier alpha value is -1.81. The van der Waals surface area contributed by atoms with E-state index in [9.17, 15) is 26.4 Å². The minimum absolute atomic E-state index is 0.225. The van der Waals surface area contributed by atoms with Crippen molar-refractivity contribution >= 4 is 16.0 Å². The molecule has 0 aromatic heterocycles. The molecule has 1 aromatic rings. The van der Waals surface area contributed by atoms with Gasteiger partial charge in [-0.15, -0.1) is 0 Å². The van der Waals surface area contributed by atoms with Gasteiger partial charge in [0.25, 0.3) is 0 Å². The van der Waals surface area contributed by atoms with Gasteiger partial charge in [0.2, 0.25) is 10.0 Å². The number of carbonyl (C=O) groups is 1. The summed E-state index contributed by atoms with van der Waals surface area (Å²) in [5.74, 6) is -1.71. The maximum atomic E-state index is 11.9. The Bertz CT molecular complexity index is 627. The van der Waals surface area contributed by atoms with Crippen molar-refractivity contribution in [3.63, 3.8) is 0 Å². The molecule has 0 fully saturated rings.